The number of benzene rings is 4. The third-order valence-electron chi connectivity index (χ3n) is 6.28. The van der Waals surface area contributed by atoms with E-state index in [1.807, 2.05) is 12.1 Å². The molecule has 0 unspecified atom stereocenters. The highest BCUT2D eigenvalue weighted by molar-refractivity contribution is 6.31. The molecular formula is C31H30ClFN2O2. The fraction of sp³-hybridized carbons (Fsp3) is 0.194. The molecule has 0 saturated carbocycles. The number of carbonyl (C=O) groups is 1. The molecule has 0 radical (unpaired) electrons. The van der Waals surface area contributed by atoms with Crippen LogP contribution in [0.15, 0.2) is 103 Å². The Labute approximate surface area is 222 Å². The second-order valence-corrected chi connectivity index (χ2v) is 9.34. The number of primary amides is 1. The van der Waals surface area contributed by atoms with Gasteiger partial charge in [0.05, 0.1) is 6.61 Å². The van der Waals surface area contributed by atoms with Gasteiger partial charge in [0.15, 0.2) is 0 Å². The lowest BCUT2D eigenvalue weighted by Crippen LogP contribution is -2.31. The molecule has 0 spiro atoms. The lowest BCUT2D eigenvalue weighted by molar-refractivity contribution is 0.1000. The minimum Gasteiger partial charge on any atom is -0.494 e. The lowest BCUT2D eigenvalue weighted by Gasteiger charge is -2.29. The van der Waals surface area contributed by atoms with Crippen LogP contribution in [0.5, 0.6) is 5.75 Å². The first-order valence-electron chi connectivity index (χ1n) is 12.3. The van der Waals surface area contributed by atoms with Crippen molar-refractivity contribution >= 4 is 17.5 Å². The molecule has 190 valence electrons. The van der Waals surface area contributed by atoms with Crippen LogP contribution in [0.4, 0.5) is 4.39 Å². The molecule has 4 nitrogen and oxygen atoms in total. The first-order valence-corrected chi connectivity index (χ1v) is 12.7. The molecule has 1 amide bonds. The summed E-state index contributed by atoms with van der Waals surface area (Å²) in [5.74, 6) is 0.0315. The minimum absolute atomic E-state index is 0.156. The second kappa shape index (κ2) is 13.0. The highest BCUT2D eigenvalue weighted by Gasteiger charge is 2.19. The van der Waals surface area contributed by atoms with Crippen molar-refractivity contribution in [2.24, 2.45) is 5.73 Å². The summed E-state index contributed by atoms with van der Waals surface area (Å²) in [7, 11) is 0. The summed E-state index contributed by atoms with van der Waals surface area (Å²) >= 11 is 6.40. The molecule has 2 N–H and O–H groups in total. The number of carbonyl (C=O) groups excluding carboxylic acids is 1. The predicted octanol–water partition coefficient (Wildman–Crippen LogP) is 6.68. The Morgan fingerprint density at radius 2 is 1.51 bits per heavy atom. The lowest BCUT2D eigenvalue weighted by atomic mass is 9.90. The molecule has 0 aliphatic heterocycles. The van der Waals surface area contributed by atoms with Gasteiger partial charge in [-0.3, -0.25) is 9.69 Å². The van der Waals surface area contributed by atoms with Gasteiger partial charge in [-0.15, -0.1) is 0 Å². The average Bonchev–Trinajstić information content (AvgIpc) is 2.92. The van der Waals surface area contributed by atoms with Crippen LogP contribution < -0.4 is 10.5 Å². The zero-order chi connectivity index (χ0) is 26.0. The van der Waals surface area contributed by atoms with Crippen LogP contribution in [0.3, 0.4) is 0 Å². The van der Waals surface area contributed by atoms with E-state index in [4.69, 9.17) is 22.1 Å². The monoisotopic (exact) mass is 516 g/mol. The van der Waals surface area contributed by atoms with Gasteiger partial charge in [-0.2, -0.15) is 0 Å². The summed E-state index contributed by atoms with van der Waals surface area (Å²) in [6.45, 7) is 2.60. The van der Waals surface area contributed by atoms with Crippen LogP contribution >= 0.6 is 11.6 Å². The fourth-order valence-corrected chi connectivity index (χ4v) is 4.58. The van der Waals surface area contributed by atoms with Crippen molar-refractivity contribution in [2.45, 2.75) is 18.9 Å². The third-order valence-corrected chi connectivity index (χ3v) is 6.63. The van der Waals surface area contributed by atoms with E-state index in [0.717, 1.165) is 25.1 Å². The molecule has 4 aromatic carbocycles. The maximum absolute atomic E-state index is 13.7. The average molecular weight is 517 g/mol. The van der Waals surface area contributed by atoms with Crippen molar-refractivity contribution in [2.75, 3.05) is 19.7 Å². The van der Waals surface area contributed by atoms with E-state index < -0.39 is 5.91 Å². The van der Waals surface area contributed by atoms with Gasteiger partial charge in [0.2, 0.25) is 5.91 Å². The normalized spacial score (nSPS) is 11.1. The maximum Gasteiger partial charge on any atom is 0.248 e. The van der Waals surface area contributed by atoms with Gasteiger partial charge in [0.1, 0.15) is 11.6 Å². The molecule has 6 heteroatoms. The summed E-state index contributed by atoms with van der Waals surface area (Å²) in [6, 6.07) is 32.3. The SMILES string of the molecule is NC(=O)c1ccc(OCCCN(Cc2ccc(F)cc2Cl)CC(c2ccccc2)c2ccccc2)cc1. The van der Waals surface area contributed by atoms with Gasteiger partial charge in [0, 0.05) is 36.1 Å². The molecule has 0 aliphatic carbocycles. The van der Waals surface area contributed by atoms with Crippen LogP contribution in [0.1, 0.15) is 39.4 Å². The maximum atomic E-state index is 13.7. The standard InChI is InChI=1S/C31H30ClFN2O2/c32-30-20-27(33)15-12-26(30)21-35(18-7-19-37-28-16-13-25(14-17-28)31(34)36)22-29(23-8-3-1-4-9-23)24-10-5-2-6-11-24/h1-6,8-17,20,29H,7,18-19,21-22H2,(H2,34,36). The largest absolute Gasteiger partial charge is 0.494 e. The van der Waals surface area contributed by atoms with Gasteiger partial charge in [-0.05, 0) is 59.5 Å². The van der Waals surface area contributed by atoms with Crippen LogP contribution in [0, 0.1) is 5.82 Å². The van der Waals surface area contributed by atoms with Crippen molar-refractivity contribution in [3.63, 3.8) is 0 Å². The molecule has 37 heavy (non-hydrogen) atoms. The second-order valence-electron chi connectivity index (χ2n) is 8.94. The number of nitrogens with zero attached hydrogens (tertiary/aromatic N) is 1. The van der Waals surface area contributed by atoms with Crippen molar-refractivity contribution in [1.29, 1.82) is 0 Å². The minimum atomic E-state index is -0.465. The van der Waals surface area contributed by atoms with Gasteiger partial charge in [-0.25, -0.2) is 4.39 Å². The highest BCUT2D eigenvalue weighted by Crippen LogP contribution is 2.27. The van der Waals surface area contributed by atoms with Crippen molar-refractivity contribution in [3.05, 3.63) is 136 Å². The number of ether oxygens (including phenoxy) is 1. The number of hydrogen-bond donors (Lipinski definition) is 1. The first kappa shape index (κ1) is 26.4. The summed E-state index contributed by atoms with van der Waals surface area (Å²) in [5, 5.41) is 0.423. The Morgan fingerprint density at radius 3 is 2.08 bits per heavy atom. The van der Waals surface area contributed by atoms with Crippen LogP contribution in [0.25, 0.3) is 0 Å². The number of amides is 1. The molecule has 0 bridgehead atoms. The first-order chi connectivity index (χ1) is 18.0. The predicted molar refractivity (Wildman–Crippen MR) is 146 cm³/mol. The molecule has 4 rings (SSSR count). The van der Waals surface area contributed by atoms with E-state index in [9.17, 15) is 9.18 Å². The highest BCUT2D eigenvalue weighted by atomic mass is 35.5. The molecule has 0 fully saturated rings. The molecule has 0 aliphatic rings. The van der Waals surface area contributed by atoms with E-state index in [1.54, 1.807) is 30.3 Å². The van der Waals surface area contributed by atoms with E-state index in [2.05, 4.69) is 53.4 Å². The Hall–Kier alpha value is -3.67. The van der Waals surface area contributed by atoms with E-state index in [1.165, 1.54) is 23.3 Å². The summed E-state index contributed by atoms with van der Waals surface area (Å²) < 4.78 is 19.6. The smallest absolute Gasteiger partial charge is 0.248 e. The third kappa shape index (κ3) is 7.66. The van der Waals surface area contributed by atoms with Crippen LogP contribution in [0.2, 0.25) is 5.02 Å². The van der Waals surface area contributed by atoms with Crippen molar-refractivity contribution < 1.29 is 13.9 Å². The topological polar surface area (TPSA) is 55.6 Å². The zero-order valence-corrected chi connectivity index (χ0v) is 21.3. The number of rotatable bonds is 12. The summed E-state index contributed by atoms with van der Waals surface area (Å²) in [4.78, 5) is 13.6. The molecule has 0 aromatic heterocycles. The number of hydrogen-bond acceptors (Lipinski definition) is 3. The van der Waals surface area contributed by atoms with E-state index >= 15 is 0 Å². The summed E-state index contributed by atoms with van der Waals surface area (Å²) in [6.07, 6.45) is 0.771. The Bertz CT molecular complexity index is 1240. The summed E-state index contributed by atoms with van der Waals surface area (Å²) in [5.41, 5.74) is 9.10. The Balaban J connectivity index is 1.49. The zero-order valence-electron chi connectivity index (χ0n) is 20.5. The van der Waals surface area contributed by atoms with Crippen molar-refractivity contribution in [1.82, 2.24) is 4.90 Å². The van der Waals surface area contributed by atoms with Gasteiger partial charge < -0.3 is 10.5 Å². The molecule has 4 aromatic rings. The molecule has 0 saturated heterocycles. The van der Waals surface area contributed by atoms with E-state index in [0.29, 0.717) is 29.5 Å². The van der Waals surface area contributed by atoms with E-state index in [-0.39, 0.29) is 11.7 Å². The van der Waals surface area contributed by atoms with Crippen molar-refractivity contribution in [3.8, 4) is 5.75 Å². The Morgan fingerprint density at radius 1 is 0.892 bits per heavy atom. The quantitative estimate of drug-likeness (QED) is 0.214. The molecular weight excluding hydrogens is 487 g/mol. The molecule has 0 heterocycles. The van der Waals surface area contributed by atoms with Gasteiger partial charge in [0.25, 0.3) is 0 Å². The van der Waals surface area contributed by atoms with Crippen LogP contribution in [-0.4, -0.2) is 30.5 Å². The van der Waals surface area contributed by atoms with Gasteiger partial charge in [-0.1, -0.05) is 78.3 Å². The van der Waals surface area contributed by atoms with Gasteiger partial charge >= 0.3 is 0 Å². The van der Waals surface area contributed by atoms with Crippen LogP contribution in [-0.2, 0) is 6.54 Å². The molecule has 0 atom stereocenters. The number of halogens is 2. The fourth-order valence-electron chi connectivity index (χ4n) is 4.35. The Kier molecular flexibility index (Phi) is 9.30. The number of nitrogens with two attached hydrogens (primary N) is 1.